The first kappa shape index (κ1) is 22.4. The maximum atomic E-state index is 13.2. The SMILES string of the molecule is O=C(NCCc1ccccc1)[C@@H]1CN(C(=O)c2cccc(C(F)(F)F)c2)c2ccccc2O1. The van der Waals surface area contributed by atoms with Gasteiger partial charge in [0.2, 0.25) is 0 Å². The van der Waals surface area contributed by atoms with Gasteiger partial charge in [-0.1, -0.05) is 48.5 Å². The summed E-state index contributed by atoms with van der Waals surface area (Å²) in [5, 5.41) is 2.81. The van der Waals surface area contributed by atoms with Gasteiger partial charge in [0.25, 0.3) is 11.8 Å². The van der Waals surface area contributed by atoms with Gasteiger partial charge >= 0.3 is 6.18 Å². The van der Waals surface area contributed by atoms with Crippen LogP contribution < -0.4 is 15.0 Å². The predicted molar refractivity (Wildman–Crippen MR) is 117 cm³/mol. The molecule has 1 aliphatic rings. The Kier molecular flexibility index (Phi) is 6.35. The third-order valence-electron chi connectivity index (χ3n) is 5.30. The van der Waals surface area contributed by atoms with E-state index in [4.69, 9.17) is 4.74 Å². The van der Waals surface area contributed by atoms with E-state index in [-0.39, 0.29) is 12.1 Å². The Morgan fingerprint density at radius 2 is 1.70 bits per heavy atom. The zero-order valence-electron chi connectivity index (χ0n) is 17.5. The molecule has 0 spiro atoms. The first-order chi connectivity index (χ1) is 15.8. The molecule has 0 bridgehead atoms. The molecule has 5 nitrogen and oxygen atoms in total. The molecule has 3 aromatic rings. The molecule has 2 amide bonds. The van der Waals surface area contributed by atoms with E-state index in [0.29, 0.717) is 24.4 Å². The molecule has 1 aliphatic heterocycles. The molecule has 3 aromatic carbocycles. The van der Waals surface area contributed by atoms with Gasteiger partial charge in [-0.05, 0) is 42.3 Å². The summed E-state index contributed by atoms with van der Waals surface area (Å²) in [5.41, 5.74) is 0.428. The molecule has 1 N–H and O–H groups in total. The minimum atomic E-state index is -4.57. The Morgan fingerprint density at radius 3 is 2.45 bits per heavy atom. The summed E-state index contributed by atoms with van der Waals surface area (Å²) in [5.74, 6) is -0.728. The molecule has 0 aromatic heterocycles. The zero-order valence-corrected chi connectivity index (χ0v) is 17.5. The fraction of sp³-hybridized carbons (Fsp3) is 0.200. The van der Waals surface area contributed by atoms with E-state index in [9.17, 15) is 22.8 Å². The van der Waals surface area contributed by atoms with E-state index < -0.39 is 29.7 Å². The lowest BCUT2D eigenvalue weighted by molar-refractivity contribution is -0.137. The molecule has 0 radical (unpaired) electrons. The van der Waals surface area contributed by atoms with Crippen molar-refractivity contribution < 1.29 is 27.5 Å². The quantitative estimate of drug-likeness (QED) is 0.619. The van der Waals surface area contributed by atoms with Crippen LogP contribution in [-0.4, -0.2) is 31.0 Å². The third kappa shape index (κ3) is 5.16. The maximum Gasteiger partial charge on any atom is 0.416 e. The minimum Gasteiger partial charge on any atom is -0.477 e. The molecule has 0 unspecified atom stereocenters. The Labute approximate surface area is 188 Å². The molecule has 0 saturated heterocycles. The van der Waals surface area contributed by atoms with Gasteiger partial charge in [0, 0.05) is 12.1 Å². The van der Waals surface area contributed by atoms with Gasteiger partial charge in [-0.3, -0.25) is 9.59 Å². The first-order valence-corrected chi connectivity index (χ1v) is 10.4. The average Bonchev–Trinajstić information content (AvgIpc) is 2.83. The normalized spacial score (nSPS) is 15.4. The standard InChI is InChI=1S/C25H21F3N2O3/c26-25(27,28)19-10-6-9-18(15-19)24(32)30-16-22(33-21-12-5-4-11-20(21)30)23(31)29-14-13-17-7-2-1-3-8-17/h1-12,15,22H,13-14,16H2,(H,29,31)/t22-/m0/s1. The Morgan fingerprint density at radius 1 is 0.970 bits per heavy atom. The summed E-state index contributed by atoms with van der Waals surface area (Å²) in [6.45, 7) is 0.259. The highest BCUT2D eigenvalue weighted by Gasteiger charge is 2.35. The van der Waals surface area contributed by atoms with Crippen LogP contribution in [0, 0.1) is 0 Å². The molecule has 1 atom stereocenters. The van der Waals surface area contributed by atoms with Crippen molar-refractivity contribution in [3.8, 4) is 5.75 Å². The lowest BCUT2D eigenvalue weighted by Gasteiger charge is -2.34. The van der Waals surface area contributed by atoms with Gasteiger partial charge in [-0.15, -0.1) is 0 Å². The summed E-state index contributed by atoms with van der Waals surface area (Å²) in [6.07, 6.45) is -4.94. The highest BCUT2D eigenvalue weighted by molar-refractivity contribution is 6.08. The topological polar surface area (TPSA) is 58.6 Å². The number of amides is 2. The largest absolute Gasteiger partial charge is 0.477 e. The lowest BCUT2D eigenvalue weighted by atomic mass is 10.1. The maximum absolute atomic E-state index is 13.2. The number of hydrogen-bond donors (Lipinski definition) is 1. The van der Waals surface area contributed by atoms with Crippen LogP contribution in [0.1, 0.15) is 21.5 Å². The van der Waals surface area contributed by atoms with E-state index in [2.05, 4.69) is 5.32 Å². The van der Waals surface area contributed by atoms with Gasteiger partial charge in [-0.25, -0.2) is 0 Å². The van der Waals surface area contributed by atoms with E-state index in [0.717, 1.165) is 17.7 Å². The second kappa shape index (κ2) is 9.36. The second-order valence-corrected chi connectivity index (χ2v) is 7.60. The number of fused-ring (bicyclic) bond motifs is 1. The first-order valence-electron chi connectivity index (χ1n) is 10.4. The second-order valence-electron chi connectivity index (χ2n) is 7.60. The highest BCUT2D eigenvalue weighted by atomic mass is 19.4. The van der Waals surface area contributed by atoms with Gasteiger partial charge in [0.15, 0.2) is 6.10 Å². The summed E-state index contributed by atoms with van der Waals surface area (Å²) in [7, 11) is 0. The molecule has 4 rings (SSSR count). The summed E-state index contributed by atoms with van der Waals surface area (Å²) in [6, 6.07) is 20.5. The number of nitrogens with one attached hydrogen (secondary N) is 1. The number of nitrogens with zero attached hydrogens (tertiary/aromatic N) is 1. The predicted octanol–water partition coefficient (Wildman–Crippen LogP) is 4.47. The fourth-order valence-corrected chi connectivity index (χ4v) is 3.64. The number of rotatable bonds is 5. The van der Waals surface area contributed by atoms with Gasteiger partial charge < -0.3 is 15.0 Å². The number of alkyl halides is 3. The van der Waals surface area contributed by atoms with Gasteiger partial charge in [0.05, 0.1) is 17.8 Å². The number of carbonyl (C=O) groups is 2. The van der Waals surface area contributed by atoms with Crippen LogP contribution in [-0.2, 0) is 17.4 Å². The Bertz CT molecular complexity index is 1150. The summed E-state index contributed by atoms with van der Waals surface area (Å²) >= 11 is 0. The van der Waals surface area contributed by atoms with Crippen LogP contribution >= 0.6 is 0 Å². The van der Waals surface area contributed by atoms with Crippen LogP contribution in [0.25, 0.3) is 0 Å². The number of hydrogen-bond acceptors (Lipinski definition) is 3. The Hall–Kier alpha value is -3.81. The fourth-order valence-electron chi connectivity index (χ4n) is 3.64. The Balaban J connectivity index is 1.52. The lowest BCUT2D eigenvalue weighted by Crippen LogP contribution is -2.51. The van der Waals surface area contributed by atoms with Crippen LogP contribution in [0.4, 0.5) is 18.9 Å². The monoisotopic (exact) mass is 454 g/mol. The van der Waals surface area contributed by atoms with Crippen molar-refractivity contribution in [2.24, 2.45) is 0 Å². The molecule has 1 heterocycles. The minimum absolute atomic E-state index is 0.121. The van der Waals surface area contributed by atoms with Crippen molar-refractivity contribution in [3.63, 3.8) is 0 Å². The number of halogens is 3. The van der Waals surface area contributed by atoms with Crippen LogP contribution in [0.2, 0.25) is 0 Å². The number of anilines is 1. The van der Waals surface area contributed by atoms with E-state index in [1.54, 1.807) is 24.3 Å². The van der Waals surface area contributed by atoms with Crippen molar-refractivity contribution >= 4 is 17.5 Å². The molecular formula is C25H21F3N2O3. The third-order valence-corrected chi connectivity index (χ3v) is 5.30. The van der Waals surface area contributed by atoms with E-state index in [1.165, 1.54) is 17.0 Å². The number of ether oxygens (including phenoxy) is 1. The van der Waals surface area contributed by atoms with E-state index >= 15 is 0 Å². The van der Waals surface area contributed by atoms with Crippen LogP contribution in [0.15, 0.2) is 78.9 Å². The van der Waals surface area contributed by atoms with Crippen LogP contribution in [0.3, 0.4) is 0 Å². The zero-order chi connectivity index (χ0) is 23.4. The number of carbonyl (C=O) groups excluding carboxylic acids is 2. The van der Waals surface area contributed by atoms with Crippen LogP contribution in [0.5, 0.6) is 5.75 Å². The highest BCUT2D eigenvalue weighted by Crippen LogP contribution is 2.35. The average molecular weight is 454 g/mol. The van der Waals surface area contributed by atoms with Gasteiger partial charge in [-0.2, -0.15) is 13.2 Å². The smallest absolute Gasteiger partial charge is 0.416 e. The van der Waals surface area contributed by atoms with Crippen molar-refractivity contribution in [2.75, 3.05) is 18.0 Å². The molecule has 170 valence electrons. The van der Waals surface area contributed by atoms with Crippen molar-refractivity contribution in [2.45, 2.75) is 18.7 Å². The molecule has 0 aliphatic carbocycles. The van der Waals surface area contributed by atoms with Crippen molar-refractivity contribution in [1.82, 2.24) is 5.32 Å². The number of benzene rings is 3. The molecule has 0 fully saturated rings. The summed E-state index contributed by atoms with van der Waals surface area (Å²) in [4.78, 5) is 27.2. The van der Waals surface area contributed by atoms with E-state index in [1.807, 2.05) is 30.3 Å². The van der Waals surface area contributed by atoms with Crippen molar-refractivity contribution in [1.29, 1.82) is 0 Å². The molecule has 8 heteroatoms. The summed E-state index contributed by atoms with van der Waals surface area (Å²) < 4.78 is 45.2. The molecular weight excluding hydrogens is 433 g/mol. The number of para-hydroxylation sites is 2. The molecule has 33 heavy (non-hydrogen) atoms. The molecule has 0 saturated carbocycles. The van der Waals surface area contributed by atoms with Crippen molar-refractivity contribution in [3.05, 3.63) is 95.6 Å². The van der Waals surface area contributed by atoms with Gasteiger partial charge in [0.1, 0.15) is 5.75 Å².